The van der Waals surface area contributed by atoms with Crippen LogP contribution in [0.4, 0.5) is 5.69 Å². The summed E-state index contributed by atoms with van der Waals surface area (Å²) >= 11 is 0. The van der Waals surface area contributed by atoms with Crippen LogP contribution in [0.25, 0.3) is 12.2 Å². The molecule has 2 N–H and O–H groups in total. The van der Waals surface area contributed by atoms with E-state index in [1.165, 1.54) is 12.1 Å². The van der Waals surface area contributed by atoms with Gasteiger partial charge in [-0.05, 0) is 60.0 Å². The summed E-state index contributed by atoms with van der Waals surface area (Å²) in [4.78, 5) is 15.0. The molecule has 0 radical (unpaired) electrons. The minimum absolute atomic E-state index is 0.00313. The smallest absolute Gasteiger partial charge is 0.303 e. The molecule has 6 nitrogen and oxygen atoms in total. The predicted octanol–water partition coefficient (Wildman–Crippen LogP) is 4.07. The number of carboxylic acid groups (broad SMARTS) is 1. The van der Waals surface area contributed by atoms with Crippen LogP contribution in [0.1, 0.15) is 23.2 Å². The minimum Gasteiger partial charge on any atom is -0.481 e. The fourth-order valence-electron chi connectivity index (χ4n) is 2.66. The highest BCUT2D eigenvalue weighted by Gasteiger charge is 2.14. The number of hydrogen-bond acceptors (Lipinski definition) is 4. The maximum Gasteiger partial charge on any atom is 0.303 e. The van der Waals surface area contributed by atoms with Crippen LogP contribution in [0.15, 0.2) is 77.8 Å². The number of sulfonamides is 1. The number of nitrogens with one attached hydrogen (secondary N) is 1. The molecule has 148 valence electrons. The average Bonchev–Trinajstić information content (AvgIpc) is 2.72. The van der Waals surface area contributed by atoms with Gasteiger partial charge in [0.05, 0.1) is 10.6 Å². The summed E-state index contributed by atoms with van der Waals surface area (Å²) in [6.45, 7) is 0. The van der Waals surface area contributed by atoms with Gasteiger partial charge in [-0.2, -0.15) is 0 Å². The molecule has 0 aliphatic carbocycles. The minimum atomic E-state index is -3.75. The number of carboxylic acids is 1. The van der Waals surface area contributed by atoms with Gasteiger partial charge in [0.25, 0.3) is 10.0 Å². The molecule has 0 atom stereocenters. The molecule has 0 fully saturated rings. The van der Waals surface area contributed by atoms with Gasteiger partial charge in [0, 0.05) is 18.3 Å². The first kappa shape index (κ1) is 20.3. The number of aryl methyl sites for hydroxylation is 1. The maximum atomic E-state index is 12.6. The summed E-state index contributed by atoms with van der Waals surface area (Å²) in [5.41, 5.74) is 2.86. The van der Waals surface area contributed by atoms with E-state index in [0.29, 0.717) is 12.1 Å². The van der Waals surface area contributed by atoms with Crippen LogP contribution in [0, 0.1) is 0 Å². The first-order chi connectivity index (χ1) is 13.9. The zero-order valence-corrected chi connectivity index (χ0v) is 16.3. The van der Waals surface area contributed by atoms with Gasteiger partial charge in [0.15, 0.2) is 0 Å². The lowest BCUT2D eigenvalue weighted by atomic mass is 10.1. The molecule has 0 aliphatic heterocycles. The number of pyridine rings is 1. The third kappa shape index (κ3) is 6.02. The highest BCUT2D eigenvalue weighted by Crippen LogP contribution is 2.19. The highest BCUT2D eigenvalue weighted by atomic mass is 32.2. The Hall–Kier alpha value is -3.45. The lowest BCUT2D eigenvalue weighted by molar-refractivity contribution is -0.136. The monoisotopic (exact) mass is 408 g/mol. The van der Waals surface area contributed by atoms with Gasteiger partial charge in [0.1, 0.15) is 0 Å². The zero-order valence-electron chi connectivity index (χ0n) is 15.5. The molecule has 0 saturated carbocycles. The second kappa shape index (κ2) is 9.16. The van der Waals surface area contributed by atoms with Crippen molar-refractivity contribution in [3.8, 4) is 0 Å². The molecular weight excluding hydrogens is 388 g/mol. The summed E-state index contributed by atoms with van der Waals surface area (Å²) < 4.78 is 27.8. The Morgan fingerprint density at radius 1 is 1.00 bits per heavy atom. The van der Waals surface area contributed by atoms with E-state index >= 15 is 0 Å². The molecule has 0 saturated heterocycles. The van der Waals surface area contributed by atoms with Crippen molar-refractivity contribution in [3.05, 3.63) is 89.7 Å². The normalized spacial score (nSPS) is 11.4. The number of benzene rings is 2. The van der Waals surface area contributed by atoms with Gasteiger partial charge in [0.2, 0.25) is 0 Å². The lowest BCUT2D eigenvalue weighted by Gasteiger charge is -2.09. The number of carbonyl (C=O) groups is 1. The van der Waals surface area contributed by atoms with E-state index in [2.05, 4.69) is 9.71 Å². The van der Waals surface area contributed by atoms with Crippen molar-refractivity contribution in [3.63, 3.8) is 0 Å². The molecule has 1 heterocycles. The van der Waals surface area contributed by atoms with Gasteiger partial charge >= 0.3 is 5.97 Å². The Kier molecular flexibility index (Phi) is 6.41. The summed E-state index contributed by atoms with van der Waals surface area (Å²) in [6, 6.07) is 18.9. The predicted molar refractivity (Wildman–Crippen MR) is 113 cm³/mol. The molecule has 3 aromatic rings. The van der Waals surface area contributed by atoms with E-state index in [9.17, 15) is 13.2 Å². The van der Waals surface area contributed by atoms with Crippen LogP contribution in [0.3, 0.4) is 0 Å². The molecule has 29 heavy (non-hydrogen) atoms. The van der Waals surface area contributed by atoms with Gasteiger partial charge in [-0.15, -0.1) is 0 Å². The molecule has 2 aromatic carbocycles. The number of anilines is 1. The van der Waals surface area contributed by atoms with Crippen LogP contribution in [0.2, 0.25) is 0 Å². The topological polar surface area (TPSA) is 96.4 Å². The molecule has 0 amide bonds. The number of aromatic nitrogens is 1. The van der Waals surface area contributed by atoms with E-state index in [-0.39, 0.29) is 11.3 Å². The van der Waals surface area contributed by atoms with Crippen molar-refractivity contribution in [2.45, 2.75) is 17.7 Å². The largest absolute Gasteiger partial charge is 0.481 e. The Labute approximate surface area is 169 Å². The Balaban J connectivity index is 1.71. The van der Waals surface area contributed by atoms with E-state index in [0.717, 1.165) is 16.8 Å². The van der Waals surface area contributed by atoms with Crippen LogP contribution in [-0.2, 0) is 21.2 Å². The fraction of sp³-hybridized carbons (Fsp3) is 0.0909. The van der Waals surface area contributed by atoms with Gasteiger partial charge < -0.3 is 5.11 Å². The van der Waals surface area contributed by atoms with Gasteiger partial charge in [-0.25, -0.2) is 8.42 Å². The van der Waals surface area contributed by atoms with Crippen molar-refractivity contribution >= 4 is 33.8 Å². The van der Waals surface area contributed by atoms with E-state index in [1.807, 2.05) is 36.4 Å². The second-order valence-corrected chi connectivity index (χ2v) is 8.04. The van der Waals surface area contributed by atoms with Gasteiger partial charge in [-0.1, -0.05) is 36.4 Å². The molecule has 0 unspecified atom stereocenters. The third-order valence-electron chi connectivity index (χ3n) is 4.13. The summed E-state index contributed by atoms with van der Waals surface area (Å²) in [5.74, 6) is -0.889. The second-order valence-electron chi connectivity index (χ2n) is 6.36. The van der Waals surface area contributed by atoms with Gasteiger partial charge in [-0.3, -0.25) is 14.5 Å². The lowest BCUT2D eigenvalue weighted by Crippen LogP contribution is -2.13. The first-order valence-electron chi connectivity index (χ1n) is 8.95. The SMILES string of the molecule is O=C(O)CCc1ccc(S(=O)(=O)Nc2cccc(/C=C/c3ccccn3)c2)cc1. The van der Waals surface area contributed by atoms with Crippen molar-refractivity contribution in [2.75, 3.05) is 4.72 Å². The molecule has 0 bridgehead atoms. The average molecular weight is 408 g/mol. The van der Waals surface area contributed by atoms with Crippen LogP contribution < -0.4 is 4.72 Å². The number of aliphatic carboxylic acids is 1. The molecule has 0 aliphatic rings. The fourth-order valence-corrected chi connectivity index (χ4v) is 3.71. The number of nitrogens with zero attached hydrogens (tertiary/aromatic N) is 1. The van der Waals surface area contributed by atoms with Crippen molar-refractivity contribution in [1.29, 1.82) is 0 Å². The Morgan fingerprint density at radius 3 is 2.48 bits per heavy atom. The molecule has 7 heteroatoms. The van der Waals surface area contributed by atoms with E-state index < -0.39 is 16.0 Å². The Bertz CT molecular complexity index is 1110. The summed E-state index contributed by atoms with van der Waals surface area (Å²) in [5, 5.41) is 8.73. The zero-order chi connectivity index (χ0) is 20.7. The third-order valence-corrected chi connectivity index (χ3v) is 5.53. The summed E-state index contributed by atoms with van der Waals surface area (Å²) in [7, 11) is -3.75. The summed E-state index contributed by atoms with van der Waals surface area (Å²) in [6.07, 6.45) is 5.77. The molecule has 3 rings (SSSR count). The molecular formula is C22H20N2O4S. The first-order valence-corrected chi connectivity index (χ1v) is 10.4. The van der Waals surface area contributed by atoms with Crippen LogP contribution >= 0.6 is 0 Å². The van der Waals surface area contributed by atoms with Crippen LogP contribution in [0.5, 0.6) is 0 Å². The van der Waals surface area contributed by atoms with Crippen LogP contribution in [-0.4, -0.2) is 24.5 Å². The van der Waals surface area contributed by atoms with Crippen molar-refractivity contribution < 1.29 is 18.3 Å². The standard InChI is InChI=1S/C22H20N2O4S/c25-22(26)14-10-17-8-12-21(13-9-17)29(27,28)24-20-6-3-4-18(16-20)7-11-19-5-1-2-15-23-19/h1-9,11-13,15-16,24H,10,14H2,(H,25,26)/b11-7+. The quantitative estimate of drug-likeness (QED) is 0.586. The van der Waals surface area contributed by atoms with Crippen molar-refractivity contribution in [2.24, 2.45) is 0 Å². The number of rotatable bonds is 8. The molecule has 1 aromatic heterocycles. The van der Waals surface area contributed by atoms with E-state index in [4.69, 9.17) is 5.11 Å². The Morgan fingerprint density at radius 2 is 1.79 bits per heavy atom. The highest BCUT2D eigenvalue weighted by molar-refractivity contribution is 7.92. The maximum absolute atomic E-state index is 12.6. The molecule has 0 spiro atoms. The van der Waals surface area contributed by atoms with Crippen molar-refractivity contribution in [1.82, 2.24) is 4.98 Å². The van der Waals surface area contributed by atoms with E-state index in [1.54, 1.807) is 36.5 Å². The number of hydrogen-bond donors (Lipinski definition) is 2.